The van der Waals surface area contributed by atoms with E-state index in [0.717, 1.165) is 6.42 Å². The van der Waals surface area contributed by atoms with E-state index < -0.39 is 0 Å². The zero-order valence-corrected chi connectivity index (χ0v) is 11.9. The molecule has 2 nitrogen and oxygen atoms in total. The summed E-state index contributed by atoms with van der Waals surface area (Å²) in [5.41, 5.74) is -0.00288. The molecule has 0 aromatic carbocycles. The van der Waals surface area contributed by atoms with Crippen LogP contribution in [0.5, 0.6) is 0 Å². The minimum Gasteiger partial charge on any atom is -0.379 e. The summed E-state index contributed by atoms with van der Waals surface area (Å²) < 4.78 is 5.47. The molecule has 0 aromatic heterocycles. The number of methoxy groups -OCH3 is 1. The molecular weight excluding hydrogens is 198 g/mol. The fourth-order valence-electron chi connectivity index (χ4n) is 2.02. The first-order chi connectivity index (χ1) is 7.55. The Morgan fingerprint density at radius 3 is 2.25 bits per heavy atom. The van der Waals surface area contributed by atoms with Gasteiger partial charge in [-0.05, 0) is 33.7 Å². The standard InChI is InChI=1S/C14H31NO/c1-6-7-8-9-10-11-13(15-4)12-14(2,3)16-5/h13,15H,6-12H2,1-5H3. The van der Waals surface area contributed by atoms with Gasteiger partial charge >= 0.3 is 0 Å². The van der Waals surface area contributed by atoms with Crippen LogP contribution in [-0.2, 0) is 4.74 Å². The van der Waals surface area contributed by atoms with Crippen molar-refractivity contribution in [3.63, 3.8) is 0 Å². The molecule has 1 unspecified atom stereocenters. The third kappa shape index (κ3) is 8.12. The lowest BCUT2D eigenvalue weighted by molar-refractivity contribution is 0.00681. The fraction of sp³-hybridized carbons (Fsp3) is 1.00. The van der Waals surface area contributed by atoms with Crippen LogP contribution in [0, 0.1) is 0 Å². The summed E-state index contributed by atoms with van der Waals surface area (Å²) in [6.07, 6.45) is 9.17. The zero-order chi connectivity index (χ0) is 12.4. The molecule has 16 heavy (non-hydrogen) atoms. The van der Waals surface area contributed by atoms with Gasteiger partial charge in [-0.3, -0.25) is 0 Å². The summed E-state index contributed by atoms with van der Waals surface area (Å²) in [4.78, 5) is 0. The molecule has 0 saturated carbocycles. The van der Waals surface area contributed by atoms with Crippen LogP contribution in [-0.4, -0.2) is 25.8 Å². The monoisotopic (exact) mass is 229 g/mol. The van der Waals surface area contributed by atoms with E-state index in [1.54, 1.807) is 7.11 Å². The number of nitrogens with one attached hydrogen (secondary N) is 1. The van der Waals surface area contributed by atoms with Crippen LogP contribution in [0.4, 0.5) is 0 Å². The van der Waals surface area contributed by atoms with Crippen molar-refractivity contribution in [2.45, 2.75) is 77.4 Å². The van der Waals surface area contributed by atoms with E-state index in [1.165, 1.54) is 38.5 Å². The maximum absolute atomic E-state index is 5.47. The molecule has 0 aliphatic heterocycles. The van der Waals surface area contributed by atoms with E-state index in [0.29, 0.717) is 6.04 Å². The van der Waals surface area contributed by atoms with Crippen molar-refractivity contribution in [1.82, 2.24) is 5.32 Å². The van der Waals surface area contributed by atoms with E-state index in [-0.39, 0.29) is 5.60 Å². The highest BCUT2D eigenvalue weighted by molar-refractivity contribution is 4.77. The largest absolute Gasteiger partial charge is 0.379 e. The zero-order valence-electron chi connectivity index (χ0n) is 11.9. The van der Waals surface area contributed by atoms with Gasteiger partial charge < -0.3 is 10.1 Å². The van der Waals surface area contributed by atoms with Crippen LogP contribution in [0.3, 0.4) is 0 Å². The van der Waals surface area contributed by atoms with Crippen LogP contribution in [0.2, 0.25) is 0 Å². The summed E-state index contributed by atoms with van der Waals surface area (Å²) in [6.45, 7) is 6.58. The van der Waals surface area contributed by atoms with Crippen LogP contribution < -0.4 is 5.32 Å². The fourth-order valence-corrected chi connectivity index (χ4v) is 2.02. The van der Waals surface area contributed by atoms with Crippen molar-refractivity contribution in [2.24, 2.45) is 0 Å². The van der Waals surface area contributed by atoms with E-state index >= 15 is 0 Å². The molecule has 2 heteroatoms. The molecule has 1 N–H and O–H groups in total. The normalized spacial score (nSPS) is 14.1. The Kier molecular flexibility index (Phi) is 8.96. The highest BCUT2D eigenvalue weighted by Crippen LogP contribution is 2.19. The summed E-state index contributed by atoms with van der Waals surface area (Å²) in [5.74, 6) is 0. The summed E-state index contributed by atoms with van der Waals surface area (Å²) in [7, 11) is 3.86. The second-order valence-electron chi connectivity index (χ2n) is 5.36. The van der Waals surface area contributed by atoms with Gasteiger partial charge in [0.2, 0.25) is 0 Å². The van der Waals surface area contributed by atoms with E-state index in [4.69, 9.17) is 4.74 Å². The van der Waals surface area contributed by atoms with Gasteiger partial charge in [0.05, 0.1) is 5.60 Å². The Labute approximate surface area is 102 Å². The van der Waals surface area contributed by atoms with Crippen molar-refractivity contribution in [1.29, 1.82) is 0 Å². The van der Waals surface area contributed by atoms with Gasteiger partial charge in [0, 0.05) is 13.2 Å². The van der Waals surface area contributed by atoms with Crippen molar-refractivity contribution >= 4 is 0 Å². The van der Waals surface area contributed by atoms with Gasteiger partial charge in [0.25, 0.3) is 0 Å². The van der Waals surface area contributed by atoms with Crippen LogP contribution in [0.1, 0.15) is 65.7 Å². The Morgan fingerprint density at radius 1 is 1.12 bits per heavy atom. The Bertz CT molecular complexity index is 157. The maximum Gasteiger partial charge on any atom is 0.0637 e. The second kappa shape index (κ2) is 9.00. The van der Waals surface area contributed by atoms with Gasteiger partial charge in [-0.1, -0.05) is 39.0 Å². The highest BCUT2D eigenvalue weighted by atomic mass is 16.5. The third-order valence-corrected chi connectivity index (χ3v) is 3.35. The van der Waals surface area contributed by atoms with Crippen molar-refractivity contribution in [3.8, 4) is 0 Å². The quantitative estimate of drug-likeness (QED) is 0.576. The first-order valence-corrected chi connectivity index (χ1v) is 6.78. The maximum atomic E-state index is 5.47. The molecule has 0 saturated heterocycles. The van der Waals surface area contributed by atoms with Crippen molar-refractivity contribution in [2.75, 3.05) is 14.2 Å². The molecular formula is C14H31NO. The average Bonchev–Trinajstić information content (AvgIpc) is 2.27. The van der Waals surface area contributed by atoms with Crippen LogP contribution in [0.25, 0.3) is 0 Å². The van der Waals surface area contributed by atoms with Gasteiger partial charge in [-0.15, -0.1) is 0 Å². The SMILES string of the molecule is CCCCCCCC(CC(C)(C)OC)NC. The number of rotatable bonds is 10. The second-order valence-corrected chi connectivity index (χ2v) is 5.36. The average molecular weight is 229 g/mol. The topological polar surface area (TPSA) is 21.3 Å². The van der Waals surface area contributed by atoms with Gasteiger partial charge in [0.15, 0.2) is 0 Å². The number of ether oxygens (including phenoxy) is 1. The van der Waals surface area contributed by atoms with E-state index in [9.17, 15) is 0 Å². The molecule has 0 bridgehead atoms. The summed E-state index contributed by atoms with van der Waals surface area (Å²) >= 11 is 0. The lowest BCUT2D eigenvalue weighted by Crippen LogP contribution is -2.35. The van der Waals surface area contributed by atoms with E-state index in [1.807, 2.05) is 0 Å². The number of hydrogen-bond acceptors (Lipinski definition) is 2. The molecule has 0 fully saturated rings. The lowest BCUT2D eigenvalue weighted by Gasteiger charge is -2.28. The molecule has 0 heterocycles. The Balaban J connectivity index is 3.67. The number of hydrogen-bond donors (Lipinski definition) is 1. The van der Waals surface area contributed by atoms with Crippen molar-refractivity contribution in [3.05, 3.63) is 0 Å². The summed E-state index contributed by atoms with van der Waals surface area (Å²) in [5, 5.41) is 3.40. The minimum atomic E-state index is -0.00288. The predicted molar refractivity (Wildman–Crippen MR) is 71.9 cm³/mol. The third-order valence-electron chi connectivity index (χ3n) is 3.35. The molecule has 0 aromatic rings. The predicted octanol–water partition coefficient (Wildman–Crippen LogP) is 3.75. The van der Waals surface area contributed by atoms with Gasteiger partial charge in [-0.25, -0.2) is 0 Å². The molecule has 0 aliphatic carbocycles. The van der Waals surface area contributed by atoms with Crippen molar-refractivity contribution < 1.29 is 4.74 Å². The van der Waals surface area contributed by atoms with Gasteiger partial charge in [0.1, 0.15) is 0 Å². The summed E-state index contributed by atoms with van der Waals surface area (Å²) in [6, 6.07) is 0.594. The molecule has 0 rings (SSSR count). The molecule has 0 radical (unpaired) electrons. The first-order valence-electron chi connectivity index (χ1n) is 6.78. The van der Waals surface area contributed by atoms with Gasteiger partial charge in [-0.2, -0.15) is 0 Å². The molecule has 1 atom stereocenters. The highest BCUT2D eigenvalue weighted by Gasteiger charge is 2.21. The number of unbranched alkanes of at least 4 members (excludes halogenated alkanes) is 4. The molecule has 0 spiro atoms. The first kappa shape index (κ1) is 15.9. The van der Waals surface area contributed by atoms with Crippen LogP contribution in [0.15, 0.2) is 0 Å². The van der Waals surface area contributed by atoms with Crippen LogP contribution >= 0.6 is 0 Å². The smallest absolute Gasteiger partial charge is 0.0637 e. The Hall–Kier alpha value is -0.0800. The molecule has 0 aliphatic rings. The molecule has 98 valence electrons. The minimum absolute atomic E-state index is 0.00288. The van der Waals surface area contributed by atoms with E-state index in [2.05, 4.69) is 33.1 Å². The lowest BCUT2D eigenvalue weighted by atomic mass is 9.95. The molecule has 0 amide bonds. The Morgan fingerprint density at radius 2 is 1.75 bits per heavy atom.